The van der Waals surface area contributed by atoms with Gasteiger partial charge in [0.15, 0.2) is 0 Å². The third kappa shape index (κ3) is 9.39. The van der Waals surface area contributed by atoms with Gasteiger partial charge in [-0.05, 0) is 60.7 Å². The Kier molecular flexibility index (Phi) is 11.7. The van der Waals surface area contributed by atoms with Crippen LogP contribution in [-0.4, -0.2) is 26.6 Å². The monoisotopic (exact) mass is 365 g/mol. The number of allylic oxidation sites excluding steroid dienone is 1. The Labute approximate surface area is 162 Å². The average molecular weight is 365 g/mol. The molecule has 0 saturated heterocycles. The molecule has 0 saturated carbocycles. The van der Waals surface area contributed by atoms with E-state index in [2.05, 4.69) is 24.8 Å². The number of aldehydes is 1. The summed E-state index contributed by atoms with van der Waals surface area (Å²) in [6.45, 7) is 4.71. The molecule has 0 aliphatic heterocycles. The van der Waals surface area contributed by atoms with Gasteiger partial charge in [0.25, 0.3) is 0 Å². The maximum atomic E-state index is 9.06. The van der Waals surface area contributed by atoms with Crippen LogP contribution in [0.5, 0.6) is 5.75 Å². The number of benzene rings is 2. The van der Waals surface area contributed by atoms with Crippen molar-refractivity contribution in [2.24, 2.45) is 0 Å². The number of methoxy groups -OCH3 is 1. The van der Waals surface area contributed by atoms with E-state index < -0.39 is 0 Å². The van der Waals surface area contributed by atoms with E-state index >= 15 is 0 Å². The third-order valence-electron chi connectivity index (χ3n) is 3.81. The van der Waals surface area contributed by atoms with Crippen LogP contribution >= 0.6 is 0 Å². The Hall–Kier alpha value is -2.90. The molecule has 142 valence electrons. The minimum atomic E-state index is 0.639. The fourth-order valence-electron chi connectivity index (χ4n) is 2.37. The molecular weight excluding hydrogens is 338 g/mol. The molecule has 4 heteroatoms. The summed E-state index contributed by atoms with van der Waals surface area (Å²) in [5, 5.41) is 8.83. The van der Waals surface area contributed by atoms with Gasteiger partial charge < -0.3 is 9.47 Å². The van der Waals surface area contributed by atoms with Gasteiger partial charge in [-0.25, -0.2) is 0 Å². The van der Waals surface area contributed by atoms with Gasteiger partial charge in [0, 0.05) is 13.7 Å². The Morgan fingerprint density at radius 2 is 1.44 bits per heavy atom. The zero-order valence-corrected chi connectivity index (χ0v) is 15.9. The van der Waals surface area contributed by atoms with Gasteiger partial charge in [-0.1, -0.05) is 37.3 Å². The SMILES string of the molecule is C=CC=O.COCCCCCCOc1ccc(-c2ccc(C#N)cc2)cc1. The van der Waals surface area contributed by atoms with Gasteiger partial charge in [-0.3, -0.25) is 4.79 Å². The van der Waals surface area contributed by atoms with Crippen LogP contribution in [0.2, 0.25) is 0 Å². The summed E-state index contributed by atoms with van der Waals surface area (Å²) in [5.41, 5.74) is 2.91. The molecule has 0 fully saturated rings. The minimum absolute atomic E-state index is 0.639. The average Bonchev–Trinajstić information content (AvgIpc) is 2.74. The summed E-state index contributed by atoms with van der Waals surface area (Å²) >= 11 is 0. The molecular formula is C23H27NO3. The summed E-state index contributed by atoms with van der Waals surface area (Å²) in [5.74, 6) is 0.902. The Morgan fingerprint density at radius 3 is 1.93 bits per heavy atom. The van der Waals surface area contributed by atoms with Gasteiger partial charge in [0.2, 0.25) is 0 Å². The van der Waals surface area contributed by atoms with E-state index in [4.69, 9.17) is 19.5 Å². The highest BCUT2D eigenvalue weighted by Crippen LogP contribution is 2.23. The second kappa shape index (κ2) is 14.3. The van der Waals surface area contributed by atoms with Crippen molar-refractivity contribution in [3.63, 3.8) is 0 Å². The lowest BCUT2D eigenvalue weighted by atomic mass is 10.0. The van der Waals surface area contributed by atoms with E-state index in [-0.39, 0.29) is 0 Å². The van der Waals surface area contributed by atoms with E-state index in [1.165, 1.54) is 18.9 Å². The molecule has 0 aliphatic rings. The number of hydrogen-bond acceptors (Lipinski definition) is 4. The van der Waals surface area contributed by atoms with Crippen LogP contribution in [0.15, 0.2) is 61.2 Å². The van der Waals surface area contributed by atoms with Gasteiger partial charge in [-0.15, -0.1) is 0 Å². The number of carbonyl (C=O) groups is 1. The van der Waals surface area contributed by atoms with E-state index in [9.17, 15) is 0 Å². The molecule has 0 aromatic heterocycles. The van der Waals surface area contributed by atoms with Crippen LogP contribution < -0.4 is 4.74 Å². The Morgan fingerprint density at radius 1 is 0.926 bits per heavy atom. The predicted molar refractivity (Wildman–Crippen MR) is 109 cm³/mol. The molecule has 0 aliphatic carbocycles. The molecule has 0 radical (unpaired) electrons. The first-order valence-corrected chi connectivity index (χ1v) is 9.03. The minimum Gasteiger partial charge on any atom is -0.494 e. The molecule has 0 atom stereocenters. The molecule has 0 spiro atoms. The fraction of sp³-hybridized carbons (Fsp3) is 0.304. The number of ether oxygens (including phenoxy) is 2. The number of carbonyl (C=O) groups excluding carboxylic acids is 1. The van der Waals surface area contributed by atoms with Crippen molar-refractivity contribution in [1.82, 2.24) is 0 Å². The number of hydrogen-bond donors (Lipinski definition) is 0. The number of nitrogens with zero attached hydrogens (tertiary/aromatic N) is 1. The molecule has 0 amide bonds. The van der Waals surface area contributed by atoms with Crippen LogP contribution in [0.3, 0.4) is 0 Å². The Balaban J connectivity index is 0.000000828. The first kappa shape index (κ1) is 22.1. The van der Waals surface area contributed by atoms with E-state index in [1.54, 1.807) is 7.11 Å². The summed E-state index contributed by atoms with van der Waals surface area (Å²) < 4.78 is 10.8. The highest BCUT2D eigenvalue weighted by Gasteiger charge is 2.00. The van der Waals surface area contributed by atoms with E-state index in [0.29, 0.717) is 11.8 Å². The smallest absolute Gasteiger partial charge is 0.142 e. The summed E-state index contributed by atoms with van der Waals surface area (Å²) in [7, 11) is 1.74. The zero-order chi connectivity index (χ0) is 19.7. The number of unbranched alkanes of at least 4 members (excludes halogenated alkanes) is 3. The summed E-state index contributed by atoms with van der Waals surface area (Å²) in [6.07, 6.45) is 6.39. The van der Waals surface area contributed by atoms with E-state index in [1.807, 2.05) is 36.4 Å². The van der Waals surface area contributed by atoms with Crippen molar-refractivity contribution < 1.29 is 14.3 Å². The third-order valence-corrected chi connectivity index (χ3v) is 3.81. The van der Waals surface area contributed by atoms with Crippen molar-refractivity contribution in [3.05, 3.63) is 66.7 Å². The number of rotatable bonds is 10. The van der Waals surface area contributed by atoms with Crippen LogP contribution in [0.25, 0.3) is 11.1 Å². The molecule has 0 bridgehead atoms. The fourth-order valence-corrected chi connectivity index (χ4v) is 2.37. The van der Waals surface area contributed by atoms with Gasteiger partial charge in [-0.2, -0.15) is 5.26 Å². The van der Waals surface area contributed by atoms with Gasteiger partial charge >= 0.3 is 0 Å². The molecule has 2 rings (SSSR count). The molecule has 27 heavy (non-hydrogen) atoms. The number of nitriles is 1. The lowest BCUT2D eigenvalue weighted by Gasteiger charge is -2.07. The first-order chi connectivity index (χ1) is 13.2. The lowest BCUT2D eigenvalue weighted by Crippen LogP contribution is -1.97. The maximum absolute atomic E-state index is 9.06. The second-order valence-electron chi connectivity index (χ2n) is 5.84. The van der Waals surface area contributed by atoms with E-state index in [0.717, 1.165) is 42.9 Å². The molecule has 0 N–H and O–H groups in total. The van der Waals surface area contributed by atoms with Crippen LogP contribution in [0, 0.1) is 11.3 Å². The van der Waals surface area contributed by atoms with Gasteiger partial charge in [0.1, 0.15) is 12.0 Å². The topological polar surface area (TPSA) is 59.3 Å². The van der Waals surface area contributed by atoms with Crippen molar-refractivity contribution in [2.75, 3.05) is 20.3 Å². The lowest BCUT2D eigenvalue weighted by molar-refractivity contribution is -0.104. The zero-order valence-electron chi connectivity index (χ0n) is 15.9. The van der Waals surface area contributed by atoms with Crippen LogP contribution in [0.4, 0.5) is 0 Å². The van der Waals surface area contributed by atoms with Crippen LogP contribution in [0.1, 0.15) is 31.2 Å². The van der Waals surface area contributed by atoms with Crippen molar-refractivity contribution in [1.29, 1.82) is 5.26 Å². The molecule has 2 aromatic carbocycles. The quantitative estimate of drug-likeness (QED) is 0.330. The predicted octanol–water partition coefficient (Wildman–Crippen LogP) is 5.18. The normalized spacial score (nSPS) is 9.48. The standard InChI is InChI=1S/C20H23NO2.C3H4O/c1-22-14-4-2-3-5-15-23-20-12-10-19(11-13-20)18-8-6-17(16-21)7-9-18;1-2-3-4/h6-13H,2-5,14-15H2,1H3;2-3H,1H2. The highest BCUT2D eigenvalue weighted by molar-refractivity contribution is 5.65. The highest BCUT2D eigenvalue weighted by atomic mass is 16.5. The van der Waals surface area contributed by atoms with Crippen molar-refractivity contribution in [3.8, 4) is 22.9 Å². The molecule has 0 heterocycles. The van der Waals surface area contributed by atoms with Crippen molar-refractivity contribution >= 4 is 6.29 Å². The molecule has 2 aromatic rings. The largest absolute Gasteiger partial charge is 0.494 e. The maximum Gasteiger partial charge on any atom is 0.142 e. The van der Waals surface area contributed by atoms with Crippen molar-refractivity contribution in [2.45, 2.75) is 25.7 Å². The first-order valence-electron chi connectivity index (χ1n) is 9.03. The van der Waals surface area contributed by atoms with Crippen LogP contribution in [-0.2, 0) is 9.53 Å². The summed E-state index contributed by atoms with van der Waals surface area (Å²) in [6, 6.07) is 17.8. The summed E-state index contributed by atoms with van der Waals surface area (Å²) in [4.78, 5) is 9.06. The van der Waals surface area contributed by atoms with Gasteiger partial charge in [0.05, 0.1) is 18.2 Å². The second-order valence-corrected chi connectivity index (χ2v) is 5.84. The Bertz CT molecular complexity index is 694. The molecule has 0 unspecified atom stereocenters. The molecule has 4 nitrogen and oxygen atoms in total.